The van der Waals surface area contributed by atoms with Crippen LogP contribution in [0, 0.1) is 6.92 Å². The Labute approximate surface area is 96.1 Å². The van der Waals surface area contributed by atoms with Gasteiger partial charge in [-0.3, -0.25) is 0 Å². The third-order valence-electron chi connectivity index (χ3n) is 2.49. The van der Waals surface area contributed by atoms with Crippen LogP contribution in [0.2, 0.25) is 0 Å². The standard InChI is InChI=1S/C13H17N3/c1-3-9-15-16-11(2)10-14-13(16)12-7-5-4-6-8-12/h4-8,10,15H,3,9H2,1-2H3. The molecule has 1 N–H and O–H groups in total. The molecular weight excluding hydrogens is 198 g/mol. The largest absolute Gasteiger partial charge is 0.324 e. The van der Waals surface area contributed by atoms with Crippen LogP contribution in [-0.2, 0) is 0 Å². The number of hydrogen-bond donors (Lipinski definition) is 1. The Kier molecular flexibility index (Phi) is 3.25. The van der Waals surface area contributed by atoms with Crippen molar-refractivity contribution in [3.05, 3.63) is 42.2 Å². The Morgan fingerprint density at radius 1 is 1.25 bits per heavy atom. The topological polar surface area (TPSA) is 29.9 Å². The summed E-state index contributed by atoms with van der Waals surface area (Å²) in [5.41, 5.74) is 5.63. The van der Waals surface area contributed by atoms with Gasteiger partial charge in [0.05, 0.1) is 11.9 Å². The maximum absolute atomic E-state index is 4.44. The van der Waals surface area contributed by atoms with Gasteiger partial charge in [-0.1, -0.05) is 37.3 Å². The molecule has 0 fully saturated rings. The van der Waals surface area contributed by atoms with Crippen molar-refractivity contribution in [2.24, 2.45) is 0 Å². The second-order valence-corrected chi connectivity index (χ2v) is 3.83. The lowest BCUT2D eigenvalue weighted by molar-refractivity contribution is 0.794. The van der Waals surface area contributed by atoms with Gasteiger partial charge in [0.25, 0.3) is 0 Å². The van der Waals surface area contributed by atoms with Crippen molar-refractivity contribution in [1.82, 2.24) is 9.66 Å². The number of hydrogen-bond acceptors (Lipinski definition) is 2. The van der Waals surface area contributed by atoms with Gasteiger partial charge in [0.1, 0.15) is 0 Å². The van der Waals surface area contributed by atoms with Crippen molar-refractivity contribution >= 4 is 0 Å². The highest BCUT2D eigenvalue weighted by Crippen LogP contribution is 2.17. The summed E-state index contributed by atoms with van der Waals surface area (Å²) in [4.78, 5) is 4.44. The second kappa shape index (κ2) is 4.84. The molecule has 0 unspecified atom stereocenters. The highest BCUT2D eigenvalue weighted by atomic mass is 15.4. The zero-order valence-electron chi connectivity index (χ0n) is 9.77. The van der Waals surface area contributed by atoms with E-state index in [1.807, 2.05) is 24.4 Å². The van der Waals surface area contributed by atoms with E-state index in [2.05, 4.69) is 41.1 Å². The Hall–Kier alpha value is -1.77. The Balaban J connectivity index is 2.34. The Morgan fingerprint density at radius 2 is 2.00 bits per heavy atom. The van der Waals surface area contributed by atoms with E-state index in [4.69, 9.17) is 0 Å². The van der Waals surface area contributed by atoms with Crippen molar-refractivity contribution in [1.29, 1.82) is 0 Å². The summed E-state index contributed by atoms with van der Waals surface area (Å²) in [5.74, 6) is 0.978. The molecule has 0 aliphatic rings. The van der Waals surface area contributed by atoms with E-state index in [1.165, 1.54) is 0 Å². The third-order valence-corrected chi connectivity index (χ3v) is 2.49. The molecule has 0 saturated carbocycles. The number of nitrogens with zero attached hydrogens (tertiary/aromatic N) is 2. The summed E-state index contributed by atoms with van der Waals surface area (Å²) in [6.45, 7) is 5.17. The summed E-state index contributed by atoms with van der Waals surface area (Å²) in [6.07, 6.45) is 3.00. The third kappa shape index (κ3) is 2.08. The predicted octanol–water partition coefficient (Wildman–Crippen LogP) is 2.81. The highest BCUT2D eigenvalue weighted by molar-refractivity contribution is 5.56. The van der Waals surface area contributed by atoms with Crippen LogP contribution in [0.1, 0.15) is 19.0 Å². The van der Waals surface area contributed by atoms with E-state index in [1.54, 1.807) is 0 Å². The molecule has 3 heteroatoms. The fourth-order valence-electron chi connectivity index (χ4n) is 1.65. The molecule has 0 aliphatic carbocycles. The molecule has 0 bridgehead atoms. The first-order valence-corrected chi connectivity index (χ1v) is 5.66. The molecule has 1 aromatic heterocycles. The number of rotatable bonds is 4. The van der Waals surface area contributed by atoms with Crippen molar-refractivity contribution in [3.8, 4) is 11.4 Å². The lowest BCUT2D eigenvalue weighted by Crippen LogP contribution is -2.17. The smallest absolute Gasteiger partial charge is 0.158 e. The minimum absolute atomic E-state index is 0.955. The number of nitrogens with one attached hydrogen (secondary N) is 1. The van der Waals surface area contributed by atoms with Gasteiger partial charge in [0.15, 0.2) is 5.82 Å². The van der Waals surface area contributed by atoms with Gasteiger partial charge in [-0.2, -0.15) is 0 Å². The van der Waals surface area contributed by atoms with Gasteiger partial charge in [-0.25, -0.2) is 9.66 Å². The first kappa shape index (κ1) is 10.7. The molecule has 84 valence electrons. The summed E-state index contributed by atoms with van der Waals surface area (Å²) >= 11 is 0. The lowest BCUT2D eigenvalue weighted by Gasteiger charge is -2.11. The van der Waals surface area contributed by atoms with Crippen LogP contribution < -0.4 is 5.43 Å². The normalized spacial score (nSPS) is 10.4. The van der Waals surface area contributed by atoms with Crippen LogP contribution in [0.15, 0.2) is 36.5 Å². The summed E-state index contributed by atoms with van der Waals surface area (Å²) in [6, 6.07) is 10.2. The number of benzene rings is 1. The van der Waals surface area contributed by atoms with Crippen molar-refractivity contribution in [3.63, 3.8) is 0 Å². The fourth-order valence-corrected chi connectivity index (χ4v) is 1.65. The number of aromatic nitrogens is 2. The lowest BCUT2D eigenvalue weighted by atomic mass is 10.2. The molecule has 0 spiro atoms. The van der Waals surface area contributed by atoms with Gasteiger partial charge in [0, 0.05) is 12.1 Å². The van der Waals surface area contributed by atoms with E-state index < -0.39 is 0 Å². The molecule has 2 rings (SSSR count). The number of imidazole rings is 1. The van der Waals surface area contributed by atoms with E-state index in [9.17, 15) is 0 Å². The van der Waals surface area contributed by atoms with E-state index in [-0.39, 0.29) is 0 Å². The van der Waals surface area contributed by atoms with Crippen LogP contribution in [0.4, 0.5) is 0 Å². The fraction of sp³-hybridized carbons (Fsp3) is 0.308. The molecule has 3 nitrogen and oxygen atoms in total. The van der Waals surface area contributed by atoms with E-state index >= 15 is 0 Å². The molecule has 0 amide bonds. The molecule has 0 radical (unpaired) electrons. The van der Waals surface area contributed by atoms with Crippen LogP contribution in [-0.4, -0.2) is 16.2 Å². The van der Waals surface area contributed by atoms with Crippen molar-refractivity contribution in [2.75, 3.05) is 12.0 Å². The summed E-state index contributed by atoms with van der Waals surface area (Å²) < 4.78 is 2.05. The second-order valence-electron chi connectivity index (χ2n) is 3.83. The van der Waals surface area contributed by atoms with Crippen molar-refractivity contribution < 1.29 is 0 Å². The SMILES string of the molecule is CCCNn1c(C)cnc1-c1ccccc1. The minimum atomic E-state index is 0.955. The first-order valence-electron chi connectivity index (χ1n) is 5.66. The summed E-state index contributed by atoms with van der Waals surface area (Å²) in [7, 11) is 0. The summed E-state index contributed by atoms with van der Waals surface area (Å²) in [5, 5.41) is 0. The molecular formula is C13H17N3. The molecule has 0 aliphatic heterocycles. The number of aryl methyl sites for hydroxylation is 1. The minimum Gasteiger partial charge on any atom is -0.324 e. The molecule has 1 heterocycles. The average Bonchev–Trinajstić information content (AvgIpc) is 2.69. The monoisotopic (exact) mass is 215 g/mol. The average molecular weight is 215 g/mol. The van der Waals surface area contributed by atoms with Gasteiger partial charge in [0.2, 0.25) is 0 Å². The molecule has 1 aromatic carbocycles. The Bertz CT molecular complexity index is 445. The maximum Gasteiger partial charge on any atom is 0.158 e. The molecule has 16 heavy (non-hydrogen) atoms. The van der Waals surface area contributed by atoms with Gasteiger partial charge in [-0.15, -0.1) is 0 Å². The van der Waals surface area contributed by atoms with E-state index in [0.29, 0.717) is 0 Å². The molecule has 0 saturated heterocycles. The van der Waals surface area contributed by atoms with Crippen LogP contribution >= 0.6 is 0 Å². The van der Waals surface area contributed by atoms with Crippen molar-refractivity contribution in [2.45, 2.75) is 20.3 Å². The Morgan fingerprint density at radius 3 is 2.69 bits per heavy atom. The highest BCUT2D eigenvalue weighted by Gasteiger charge is 2.07. The molecule has 2 aromatic rings. The quantitative estimate of drug-likeness (QED) is 0.850. The van der Waals surface area contributed by atoms with Gasteiger partial charge in [-0.05, 0) is 13.3 Å². The van der Waals surface area contributed by atoms with Gasteiger partial charge >= 0.3 is 0 Å². The van der Waals surface area contributed by atoms with Crippen LogP contribution in [0.25, 0.3) is 11.4 Å². The van der Waals surface area contributed by atoms with E-state index in [0.717, 1.165) is 30.0 Å². The van der Waals surface area contributed by atoms with Crippen LogP contribution in [0.5, 0.6) is 0 Å². The zero-order chi connectivity index (χ0) is 11.4. The van der Waals surface area contributed by atoms with Gasteiger partial charge < -0.3 is 5.43 Å². The zero-order valence-corrected chi connectivity index (χ0v) is 9.77. The maximum atomic E-state index is 4.44. The molecule has 0 atom stereocenters. The predicted molar refractivity (Wildman–Crippen MR) is 66.9 cm³/mol. The van der Waals surface area contributed by atoms with Crippen LogP contribution in [0.3, 0.4) is 0 Å². The first-order chi connectivity index (χ1) is 7.83.